The zero-order chi connectivity index (χ0) is 15.6. The third kappa shape index (κ3) is 3.65. The summed E-state index contributed by atoms with van der Waals surface area (Å²) < 4.78 is 13.1. The van der Waals surface area contributed by atoms with Gasteiger partial charge in [-0.3, -0.25) is 0 Å². The van der Waals surface area contributed by atoms with Gasteiger partial charge in [0.15, 0.2) is 0 Å². The first-order chi connectivity index (χ1) is 9.90. The summed E-state index contributed by atoms with van der Waals surface area (Å²) in [6, 6.07) is 12.9. The average molecular weight is 305 g/mol. The molecule has 2 aromatic carbocycles. The standard InChI is InChI=1S/C19H22ClF/c1-12(2)15-7-10-17(18(11-15)13(3)4)19(20)14-5-8-16(21)9-6-14/h5-13,19H,1-4H3. The molecule has 0 aliphatic carbocycles. The average Bonchev–Trinajstić information content (AvgIpc) is 2.46. The minimum absolute atomic E-state index is 0.234. The molecule has 0 saturated heterocycles. The molecule has 0 radical (unpaired) electrons. The molecule has 0 aliphatic rings. The van der Waals surface area contributed by atoms with Gasteiger partial charge in [-0.25, -0.2) is 4.39 Å². The molecule has 0 N–H and O–H groups in total. The molecule has 0 fully saturated rings. The first kappa shape index (κ1) is 16.0. The molecule has 0 amide bonds. The maximum Gasteiger partial charge on any atom is 0.123 e. The highest BCUT2D eigenvalue weighted by atomic mass is 35.5. The largest absolute Gasteiger partial charge is 0.207 e. The van der Waals surface area contributed by atoms with E-state index >= 15 is 0 Å². The van der Waals surface area contributed by atoms with Crippen molar-refractivity contribution >= 4 is 11.6 Å². The summed E-state index contributed by atoms with van der Waals surface area (Å²) in [6.07, 6.45) is 0. The second kappa shape index (κ2) is 6.62. The van der Waals surface area contributed by atoms with Crippen molar-refractivity contribution in [1.29, 1.82) is 0 Å². The zero-order valence-electron chi connectivity index (χ0n) is 13.0. The maximum atomic E-state index is 13.1. The summed E-state index contributed by atoms with van der Waals surface area (Å²) >= 11 is 6.64. The van der Waals surface area contributed by atoms with Gasteiger partial charge in [0.1, 0.15) is 5.82 Å². The topological polar surface area (TPSA) is 0 Å². The van der Waals surface area contributed by atoms with Gasteiger partial charge in [-0.1, -0.05) is 58.0 Å². The Kier molecular flexibility index (Phi) is 5.05. The zero-order valence-corrected chi connectivity index (χ0v) is 13.8. The van der Waals surface area contributed by atoms with Crippen LogP contribution in [0.3, 0.4) is 0 Å². The molecule has 0 aliphatic heterocycles. The van der Waals surface area contributed by atoms with Gasteiger partial charge in [0.2, 0.25) is 0 Å². The summed E-state index contributed by atoms with van der Waals surface area (Å²) in [5.41, 5.74) is 4.64. The number of benzene rings is 2. The molecule has 2 rings (SSSR count). The summed E-state index contributed by atoms with van der Waals surface area (Å²) in [4.78, 5) is 0. The highest BCUT2D eigenvalue weighted by Crippen LogP contribution is 2.35. The van der Waals surface area contributed by atoms with E-state index < -0.39 is 0 Å². The molecule has 2 aromatic rings. The summed E-state index contributed by atoms with van der Waals surface area (Å²) in [5.74, 6) is 0.665. The molecular formula is C19H22ClF. The minimum atomic E-state index is -0.246. The molecule has 0 saturated carbocycles. The smallest absolute Gasteiger partial charge is 0.123 e. The van der Waals surface area contributed by atoms with Crippen molar-refractivity contribution < 1.29 is 4.39 Å². The third-order valence-electron chi connectivity index (χ3n) is 3.84. The van der Waals surface area contributed by atoms with Crippen molar-refractivity contribution in [2.24, 2.45) is 0 Å². The van der Waals surface area contributed by atoms with Gasteiger partial charge in [-0.15, -0.1) is 11.6 Å². The number of hydrogen-bond donors (Lipinski definition) is 0. The Hall–Kier alpha value is -1.34. The molecule has 1 atom stereocenters. The molecule has 21 heavy (non-hydrogen) atoms. The Bertz CT molecular complexity index is 599. The van der Waals surface area contributed by atoms with Crippen LogP contribution in [0.1, 0.15) is 67.2 Å². The molecule has 112 valence electrons. The lowest BCUT2D eigenvalue weighted by Crippen LogP contribution is -2.03. The Morgan fingerprint density at radius 1 is 0.762 bits per heavy atom. The second-order valence-corrected chi connectivity index (χ2v) is 6.55. The Morgan fingerprint density at radius 3 is 1.86 bits per heavy atom. The van der Waals surface area contributed by atoms with Crippen molar-refractivity contribution in [3.8, 4) is 0 Å². The van der Waals surface area contributed by atoms with Crippen molar-refractivity contribution in [1.82, 2.24) is 0 Å². The van der Waals surface area contributed by atoms with E-state index in [1.807, 2.05) is 0 Å². The SMILES string of the molecule is CC(C)c1ccc(C(Cl)c2ccc(F)cc2)c(C(C)C)c1. The van der Waals surface area contributed by atoms with Gasteiger partial charge in [0, 0.05) is 0 Å². The summed E-state index contributed by atoms with van der Waals surface area (Å²) in [5, 5.41) is -0.246. The van der Waals surface area contributed by atoms with Crippen molar-refractivity contribution in [3.63, 3.8) is 0 Å². The van der Waals surface area contributed by atoms with Crippen LogP contribution in [0.25, 0.3) is 0 Å². The molecule has 2 heteroatoms. The summed E-state index contributed by atoms with van der Waals surface area (Å²) in [7, 11) is 0. The van der Waals surface area contributed by atoms with Crippen LogP contribution in [0, 0.1) is 5.82 Å². The molecule has 0 nitrogen and oxygen atoms in total. The fraction of sp³-hybridized carbons (Fsp3) is 0.368. The highest BCUT2D eigenvalue weighted by molar-refractivity contribution is 6.22. The van der Waals surface area contributed by atoms with Gasteiger partial charge in [-0.05, 0) is 46.2 Å². The monoisotopic (exact) mass is 304 g/mol. The van der Waals surface area contributed by atoms with Crippen LogP contribution in [0.2, 0.25) is 0 Å². The van der Waals surface area contributed by atoms with E-state index in [4.69, 9.17) is 11.6 Å². The van der Waals surface area contributed by atoms with Crippen LogP contribution in [0.4, 0.5) is 4.39 Å². The van der Waals surface area contributed by atoms with Crippen LogP contribution in [-0.4, -0.2) is 0 Å². The van der Waals surface area contributed by atoms with Crippen LogP contribution in [0.15, 0.2) is 42.5 Å². The number of halogens is 2. The summed E-state index contributed by atoms with van der Waals surface area (Å²) in [6.45, 7) is 8.74. The van der Waals surface area contributed by atoms with Gasteiger partial charge in [0.05, 0.1) is 5.38 Å². The van der Waals surface area contributed by atoms with E-state index in [0.717, 1.165) is 11.1 Å². The van der Waals surface area contributed by atoms with E-state index in [1.165, 1.54) is 23.3 Å². The van der Waals surface area contributed by atoms with E-state index in [1.54, 1.807) is 12.1 Å². The maximum absolute atomic E-state index is 13.1. The number of alkyl halides is 1. The Balaban J connectivity index is 2.44. The van der Waals surface area contributed by atoms with Crippen LogP contribution < -0.4 is 0 Å². The molecular weight excluding hydrogens is 283 g/mol. The van der Waals surface area contributed by atoms with E-state index in [-0.39, 0.29) is 11.2 Å². The Morgan fingerprint density at radius 2 is 1.33 bits per heavy atom. The van der Waals surface area contributed by atoms with E-state index in [2.05, 4.69) is 45.9 Å². The fourth-order valence-electron chi connectivity index (χ4n) is 2.49. The quantitative estimate of drug-likeness (QED) is 0.573. The van der Waals surface area contributed by atoms with Crippen molar-refractivity contribution in [2.75, 3.05) is 0 Å². The normalized spacial score (nSPS) is 13.0. The molecule has 1 unspecified atom stereocenters. The van der Waals surface area contributed by atoms with Crippen molar-refractivity contribution in [3.05, 3.63) is 70.5 Å². The number of rotatable bonds is 4. The Labute approximate surface area is 132 Å². The van der Waals surface area contributed by atoms with Crippen molar-refractivity contribution in [2.45, 2.75) is 44.9 Å². The lowest BCUT2D eigenvalue weighted by atomic mass is 9.89. The molecule has 0 heterocycles. The lowest BCUT2D eigenvalue weighted by Gasteiger charge is -2.20. The van der Waals surface area contributed by atoms with E-state index in [0.29, 0.717) is 11.8 Å². The van der Waals surface area contributed by atoms with Gasteiger partial charge < -0.3 is 0 Å². The minimum Gasteiger partial charge on any atom is -0.207 e. The van der Waals surface area contributed by atoms with Gasteiger partial charge >= 0.3 is 0 Å². The van der Waals surface area contributed by atoms with Gasteiger partial charge in [0.25, 0.3) is 0 Å². The predicted molar refractivity (Wildman–Crippen MR) is 88.7 cm³/mol. The third-order valence-corrected chi connectivity index (χ3v) is 4.32. The first-order valence-corrected chi connectivity index (χ1v) is 7.87. The first-order valence-electron chi connectivity index (χ1n) is 7.43. The van der Waals surface area contributed by atoms with Crippen LogP contribution >= 0.6 is 11.6 Å². The highest BCUT2D eigenvalue weighted by Gasteiger charge is 2.17. The second-order valence-electron chi connectivity index (χ2n) is 6.11. The van der Waals surface area contributed by atoms with Gasteiger partial charge in [-0.2, -0.15) is 0 Å². The molecule has 0 bridgehead atoms. The predicted octanol–water partition coefficient (Wildman–Crippen LogP) is 6.40. The molecule has 0 spiro atoms. The fourth-order valence-corrected chi connectivity index (χ4v) is 2.84. The molecule has 0 aromatic heterocycles. The van der Waals surface area contributed by atoms with E-state index in [9.17, 15) is 4.39 Å². The van der Waals surface area contributed by atoms with Crippen LogP contribution in [0.5, 0.6) is 0 Å². The van der Waals surface area contributed by atoms with Crippen LogP contribution in [-0.2, 0) is 0 Å². The lowest BCUT2D eigenvalue weighted by molar-refractivity contribution is 0.627. The number of hydrogen-bond acceptors (Lipinski definition) is 0.